The highest BCUT2D eigenvalue weighted by Crippen LogP contribution is 2.23. The summed E-state index contributed by atoms with van der Waals surface area (Å²) in [6, 6.07) is 9.48. The van der Waals surface area contributed by atoms with Crippen molar-refractivity contribution in [1.29, 1.82) is 0 Å². The van der Waals surface area contributed by atoms with Gasteiger partial charge in [-0.1, -0.05) is 12.1 Å². The fraction of sp³-hybridized carbons (Fsp3) is 0.0909. The Morgan fingerprint density at radius 1 is 1.07 bits per heavy atom. The Morgan fingerprint density at radius 2 is 1.73 bits per heavy atom. The third kappa shape index (κ3) is 2.78. The molecule has 1 aromatic carbocycles. The predicted molar refractivity (Wildman–Crippen MR) is 58.5 cm³/mol. The van der Waals surface area contributed by atoms with E-state index < -0.39 is 0 Å². The molecule has 0 aliphatic carbocycles. The van der Waals surface area contributed by atoms with Gasteiger partial charge in [-0.2, -0.15) is 0 Å². The summed E-state index contributed by atoms with van der Waals surface area (Å²) in [5.41, 5.74) is 0.910. The van der Waals surface area contributed by atoms with Crippen molar-refractivity contribution in [1.82, 2.24) is 9.97 Å². The molecule has 0 bridgehead atoms. The first-order valence-electron chi connectivity index (χ1n) is 4.53. The van der Waals surface area contributed by atoms with Gasteiger partial charge in [0.05, 0.1) is 6.61 Å². The lowest BCUT2D eigenvalue weighted by Crippen LogP contribution is -1.84. The minimum Gasteiger partial charge on any atom is -0.392 e. The lowest BCUT2D eigenvalue weighted by molar-refractivity contribution is 0.282. The van der Waals surface area contributed by atoms with E-state index in [9.17, 15) is 0 Å². The van der Waals surface area contributed by atoms with Crippen molar-refractivity contribution in [2.75, 3.05) is 0 Å². The van der Waals surface area contributed by atoms with Crippen molar-refractivity contribution in [2.45, 2.75) is 16.7 Å². The Morgan fingerprint density at radius 3 is 2.33 bits per heavy atom. The maximum Gasteiger partial charge on any atom is 0.192 e. The Hall–Kier alpha value is -1.39. The van der Waals surface area contributed by atoms with Crippen molar-refractivity contribution < 1.29 is 5.11 Å². The second-order valence-electron chi connectivity index (χ2n) is 2.94. The molecule has 1 aromatic heterocycles. The Labute approximate surface area is 92.2 Å². The summed E-state index contributed by atoms with van der Waals surface area (Å²) in [7, 11) is 0. The second kappa shape index (κ2) is 4.91. The summed E-state index contributed by atoms with van der Waals surface area (Å²) in [5.74, 6) is 0. The topological polar surface area (TPSA) is 46.0 Å². The van der Waals surface area contributed by atoms with Gasteiger partial charge in [-0.25, -0.2) is 9.97 Å². The van der Waals surface area contributed by atoms with Crippen LogP contribution in [-0.4, -0.2) is 15.1 Å². The second-order valence-corrected chi connectivity index (χ2v) is 3.98. The zero-order valence-electron chi connectivity index (χ0n) is 8.00. The van der Waals surface area contributed by atoms with Gasteiger partial charge in [0.2, 0.25) is 0 Å². The van der Waals surface area contributed by atoms with E-state index in [2.05, 4.69) is 9.97 Å². The summed E-state index contributed by atoms with van der Waals surface area (Å²) in [6.45, 7) is 0.0762. The number of hydrogen-bond donors (Lipinski definition) is 1. The molecule has 0 atom stereocenters. The molecule has 0 saturated carbocycles. The lowest BCUT2D eigenvalue weighted by atomic mass is 10.2. The van der Waals surface area contributed by atoms with Gasteiger partial charge in [-0.05, 0) is 35.5 Å². The third-order valence-electron chi connectivity index (χ3n) is 1.86. The van der Waals surface area contributed by atoms with Gasteiger partial charge in [0, 0.05) is 17.3 Å². The molecule has 1 N–H and O–H groups in total. The number of hydrogen-bond acceptors (Lipinski definition) is 4. The lowest BCUT2D eigenvalue weighted by Gasteiger charge is -2.00. The number of benzene rings is 1. The monoisotopic (exact) mass is 218 g/mol. The first-order chi connectivity index (χ1) is 7.38. The highest BCUT2D eigenvalue weighted by atomic mass is 32.2. The van der Waals surface area contributed by atoms with Crippen LogP contribution in [0.1, 0.15) is 5.56 Å². The molecule has 0 aliphatic rings. The van der Waals surface area contributed by atoms with E-state index in [4.69, 9.17) is 5.11 Å². The molecular formula is C11H10N2OS. The number of aliphatic hydroxyl groups is 1. The van der Waals surface area contributed by atoms with Crippen LogP contribution in [0.5, 0.6) is 0 Å². The van der Waals surface area contributed by atoms with Crippen LogP contribution >= 0.6 is 11.8 Å². The van der Waals surface area contributed by atoms with Gasteiger partial charge < -0.3 is 5.11 Å². The Bertz CT molecular complexity index is 416. The average molecular weight is 218 g/mol. The van der Waals surface area contributed by atoms with Crippen LogP contribution in [0.3, 0.4) is 0 Å². The van der Waals surface area contributed by atoms with Crippen LogP contribution in [0.2, 0.25) is 0 Å². The molecular weight excluding hydrogens is 208 g/mol. The van der Waals surface area contributed by atoms with Crippen LogP contribution in [0.15, 0.2) is 52.8 Å². The first-order valence-corrected chi connectivity index (χ1v) is 5.35. The van der Waals surface area contributed by atoms with E-state index >= 15 is 0 Å². The zero-order chi connectivity index (χ0) is 10.5. The molecule has 0 unspecified atom stereocenters. The summed E-state index contributed by atoms with van der Waals surface area (Å²) in [6.07, 6.45) is 3.44. The quantitative estimate of drug-likeness (QED) is 0.801. The predicted octanol–water partition coefficient (Wildman–Crippen LogP) is 2.12. The Balaban J connectivity index is 2.11. The van der Waals surface area contributed by atoms with Gasteiger partial charge in [0.15, 0.2) is 5.16 Å². The third-order valence-corrected chi connectivity index (χ3v) is 2.76. The van der Waals surface area contributed by atoms with E-state index in [1.807, 2.05) is 24.3 Å². The maximum absolute atomic E-state index is 8.89. The van der Waals surface area contributed by atoms with Gasteiger partial charge in [-0.15, -0.1) is 0 Å². The van der Waals surface area contributed by atoms with Crippen molar-refractivity contribution in [3.05, 3.63) is 48.3 Å². The fourth-order valence-corrected chi connectivity index (χ4v) is 1.82. The largest absolute Gasteiger partial charge is 0.392 e. The Kier molecular flexibility index (Phi) is 3.32. The smallest absolute Gasteiger partial charge is 0.192 e. The van der Waals surface area contributed by atoms with Crippen LogP contribution in [-0.2, 0) is 6.61 Å². The van der Waals surface area contributed by atoms with E-state index in [0.717, 1.165) is 15.6 Å². The first kappa shape index (κ1) is 10.1. The van der Waals surface area contributed by atoms with E-state index in [0.29, 0.717) is 0 Å². The van der Waals surface area contributed by atoms with Gasteiger partial charge in [-0.3, -0.25) is 0 Å². The zero-order valence-corrected chi connectivity index (χ0v) is 8.81. The van der Waals surface area contributed by atoms with Crippen LogP contribution in [0.4, 0.5) is 0 Å². The van der Waals surface area contributed by atoms with Crippen molar-refractivity contribution in [3.63, 3.8) is 0 Å². The van der Waals surface area contributed by atoms with E-state index in [1.165, 1.54) is 11.8 Å². The van der Waals surface area contributed by atoms with E-state index in [-0.39, 0.29) is 6.61 Å². The number of rotatable bonds is 3. The van der Waals surface area contributed by atoms with E-state index in [1.54, 1.807) is 18.5 Å². The normalized spacial score (nSPS) is 10.2. The molecule has 0 spiro atoms. The fourth-order valence-electron chi connectivity index (χ4n) is 1.11. The number of nitrogens with zero attached hydrogens (tertiary/aromatic N) is 2. The molecule has 76 valence electrons. The molecule has 3 nitrogen and oxygen atoms in total. The van der Waals surface area contributed by atoms with Crippen molar-refractivity contribution >= 4 is 11.8 Å². The minimum atomic E-state index is 0.0762. The molecule has 2 rings (SSSR count). The van der Waals surface area contributed by atoms with Crippen LogP contribution in [0, 0.1) is 0 Å². The standard InChI is InChI=1S/C11H10N2OS/c14-8-9-2-4-10(5-3-9)15-11-12-6-1-7-13-11/h1-7,14H,8H2. The molecule has 2 aromatic rings. The average Bonchev–Trinajstić information content (AvgIpc) is 2.31. The van der Waals surface area contributed by atoms with Gasteiger partial charge >= 0.3 is 0 Å². The highest BCUT2D eigenvalue weighted by Gasteiger charge is 1.98. The molecule has 0 saturated heterocycles. The molecule has 0 amide bonds. The minimum absolute atomic E-state index is 0.0762. The summed E-state index contributed by atoms with van der Waals surface area (Å²) in [5, 5.41) is 9.62. The number of aliphatic hydroxyl groups excluding tert-OH is 1. The molecule has 4 heteroatoms. The SMILES string of the molecule is OCc1ccc(Sc2ncccn2)cc1. The van der Waals surface area contributed by atoms with Crippen LogP contribution < -0.4 is 0 Å². The molecule has 0 radical (unpaired) electrons. The maximum atomic E-state index is 8.89. The van der Waals surface area contributed by atoms with Gasteiger partial charge in [0.25, 0.3) is 0 Å². The van der Waals surface area contributed by atoms with Crippen LogP contribution in [0.25, 0.3) is 0 Å². The van der Waals surface area contributed by atoms with Gasteiger partial charge in [0.1, 0.15) is 0 Å². The van der Waals surface area contributed by atoms with Crippen molar-refractivity contribution in [2.24, 2.45) is 0 Å². The molecule has 0 aliphatic heterocycles. The molecule has 0 fully saturated rings. The molecule has 15 heavy (non-hydrogen) atoms. The summed E-state index contributed by atoms with van der Waals surface area (Å²) in [4.78, 5) is 9.31. The summed E-state index contributed by atoms with van der Waals surface area (Å²) < 4.78 is 0. The molecule has 1 heterocycles. The highest BCUT2D eigenvalue weighted by molar-refractivity contribution is 7.99. The summed E-state index contributed by atoms with van der Waals surface area (Å²) >= 11 is 1.50. The van der Waals surface area contributed by atoms with Crippen molar-refractivity contribution in [3.8, 4) is 0 Å². The number of aromatic nitrogens is 2.